The van der Waals surface area contributed by atoms with Crippen LogP contribution < -0.4 is 0 Å². The Morgan fingerprint density at radius 1 is 1.36 bits per heavy atom. The summed E-state index contributed by atoms with van der Waals surface area (Å²) in [7, 11) is 0. The molecule has 7 nitrogen and oxygen atoms in total. The molecule has 2 rings (SSSR count). The molecule has 2 aromatic heterocycles. The van der Waals surface area contributed by atoms with Crippen LogP contribution in [-0.2, 0) is 0 Å². The number of nitrogens with zero attached hydrogens (tertiary/aromatic N) is 5. The second-order valence-corrected chi connectivity index (χ2v) is 2.46. The maximum absolute atomic E-state index is 10.4. The fraction of sp³-hybridized carbons (Fsp3) is 0. The van der Waals surface area contributed by atoms with E-state index in [-0.39, 0.29) is 5.69 Å². The van der Waals surface area contributed by atoms with E-state index in [1.165, 1.54) is 29.5 Å². The molecule has 2 aromatic rings. The van der Waals surface area contributed by atoms with Gasteiger partial charge in [-0.3, -0.25) is 15.1 Å². The van der Waals surface area contributed by atoms with Crippen molar-refractivity contribution in [3.63, 3.8) is 0 Å². The highest BCUT2D eigenvalue weighted by Crippen LogP contribution is 2.10. The summed E-state index contributed by atoms with van der Waals surface area (Å²) in [4.78, 5) is 17.6. The summed E-state index contributed by atoms with van der Waals surface area (Å²) in [5.74, 6) is 0.445. The smallest absolute Gasteiger partial charge is 0.259 e. The first-order valence-electron chi connectivity index (χ1n) is 3.73. The van der Waals surface area contributed by atoms with E-state index >= 15 is 0 Å². The van der Waals surface area contributed by atoms with Gasteiger partial charge in [0.25, 0.3) is 0 Å². The Balaban J connectivity index is 2.39. The number of rotatable bonds is 2. The van der Waals surface area contributed by atoms with Gasteiger partial charge in [0, 0.05) is 12.4 Å². The molecule has 0 N–H and O–H groups in total. The van der Waals surface area contributed by atoms with Gasteiger partial charge in [-0.15, -0.1) is 0 Å². The van der Waals surface area contributed by atoms with E-state index in [0.29, 0.717) is 5.82 Å². The van der Waals surface area contributed by atoms with Crippen molar-refractivity contribution >= 4 is 5.69 Å². The quantitative estimate of drug-likeness (QED) is 0.511. The highest BCUT2D eigenvalue weighted by atomic mass is 16.6. The van der Waals surface area contributed by atoms with Crippen LogP contribution in [0.15, 0.2) is 31.0 Å². The lowest BCUT2D eigenvalue weighted by atomic mass is 10.6. The van der Waals surface area contributed by atoms with Crippen LogP contribution in [0.3, 0.4) is 0 Å². The average molecular weight is 191 g/mol. The highest BCUT2D eigenvalue weighted by Gasteiger charge is 2.09. The second-order valence-electron chi connectivity index (χ2n) is 2.46. The third-order valence-corrected chi connectivity index (χ3v) is 1.56. The van der Waals surface area contributed by atoms with Gasteiger partial charge in [0.2, 0.25) is 0 Å². The predicted molar refractivity (Wildman–Crippen MR) is 45.8 cm³/mol. The molecule has 7 heteroatoms. The lowest BCUT2D eigenvalue weighted by molar-refractivity contribution is -0.384. The van der Waals surface area contributed by atoms with Gasteiger partial charge in [0.1, 0.15) is 12.4 Å². The summed E-state index contributed by atoms with van der Waals surface area (Å²) < 4.78 is 1.30. The summed E-state index contributed by atoms with van der Waals surface area (Å²) in [5, 5.41) is 14.1. The van der Waals surface area contributed by atoms with Crippen molar-refractivity contribution in [2.75, 3.05) is 0 Å². The minimum atomic E-state index is -0.514. The van der Waals surface area contributed by atoms with E-state index in [2.05, 4.69) is 15.1 Å². The van der Waals surface area contributed by atoms with Gasteiger partial charge in [-0.1, -0.05) is 0 Å². The summed E-state index contributed by atoms with van der Waals surface area (Å²) >= 11 is 0. The van der Waals surface area contributed by atoms with E-state index in [9.17, 15) is 10.1 Å². The van der Waals surface area contributed by atoms with Gasteiger partial charge in [0.15, 0.2) is 5.82 Å². The van der Waals surface area contributed by atoms with Gasteiger partial charge < -0.3 is 0 Å². The van der Waals surface area contributed by atoms with E-state index in [0.717, 1.165) is 6.20 Å². The Bertz CT molecular complexity index is 452. The van der Waals surface area contributed by atoms with Crippen LogP contribution in [0.2, 0.25) is 0 Å². The van der Waals surface area contributed by atoms with Gasteiger partial charge in [-0.2, -0.15) is 5.10 Å². The summed E-state index contributed by atoms with van der Waals surface area (Å²) in [6, 6.07) is 0. The monoisotopic (exact) mass is 191 g/mol. The average Bonchev–Trinajstić information content (AvgIpc) is 2.68. The molecular formula is C7H5N5O2. The van der Waals surface area contributed by atoms with Crippen molar-refractivity contribution in [1.82, 2.24) is 19.7 Å². The Morgan fingerprint density at radius 3 is 2.79 bits per heavy atom. The third kappa shape index (κ3) is 1.42. The maximum Gasteiger partial charge on any atom is 0.307 e. The minimum absolute atomic E-state index is 0.0735. The molecule has 0 bridgehead atoms. The molecule has 0 aromatic carbocycles. The van der Waals surface area contributed by atoms with Crippen molar-refractivity contribution in [2.24, 2.45) is 0 Å². The molecular weight excluding hydrogens is 186 g/mol. The van der Waals surface area contributed by atoms with Crippen molar-refractivity contribution in [3.8, 4) is 5.82 Å². The first-order valence-corrected chi connectivity index (χ1v) is 3.73. The number of hydrogen-bond donors (Lipinski definition) is 0. The number of aromatic nitrogens is 4. The zero-order valence-corrected chi connectivity index (χ0v) is 6.94. The maximum atomic E-state index is 10.4. The van der Waals surface area contributed by atoms with Crippen LogP contribution in [-0.4, -0.2) is 24.7 Å². The third-order valence-electron chi connectivity index (χ3n) is 1.56. The number of nitro groups is 1. The van der Waals surface area contributed by atoms with Crippen molar-refractivity contribution < 1.29 is 4.92 Å². The molecule has 0 aliphatic carbocycles. The van der Waals surface area contributed by atoms with Crippen molar-refractivity contribution in [3.05, 3.63) is 41.1 Å². The summed E-state index contributed by atoms with van der Waals surface area (Å²) in [6.45, 7) is 0. The standard InChI is InChI=1S/C7H5N5O2/c13-12(14)6-3-10-11(5-6)7-4-8-1-2-9-7/h1-5H. The molecule has 0 unspecified atom stereocenters. The molecule has 0 aliphatic rings. The zero-order chi connectivity index (χ0) is 9.97. The lowest BCUT2D eigenvalue weighted by Gasteiger charge is -1.95. The normalized spacial score (nSPS) is 10.0. The predicted octanol–water partition coefficient (Wildman–Crippen LogP) is 0.570. The largest absolute Gasteiger partial charge is 0.307 e. The molecule has 0 atom stereocenters. The Labute approximate surface area is 78.2 Å². The molecule has 14 heavy (non-hydrogen) atoms. The Kier molecular flexibility index (Phi) is 1.90. The SMILES string of the molecule is O=[N+]([O-])c1cnn(-c2cnccn2)c1. The van der Waals surface area contributed by atoms with E-state index in [4.69, 9.17) is 0 Å². The molecule has 70 valence electrons. The van der Waals surface area contributed by atoms with Crippen LogP contribution in [0, 0.1) is 10.1 Å². The van der Waals surface area contributed by atoms with Gasteiger partial charge in [-0.05, 0) is 0 Å². The van der Waals surface area contributed by atoms with Gasteiger partial charge >= 0.3 is 5.69 Å². The Morgan fingerprint density at radius 2 is 2.21 bits per heavy atom. The molecule has 0 radical (unpaired) electrons. The fourth-order valence-electron chi connectivity index (χ4n) is 0.942. The molecule has 0 spiro atoms. The second kappa shape index (κ2) is 3.21. The van der Waals surface area contributed by atoms with Crippen LogP contribution in [0.25, 0.3) is 5.82 Å². The zero-order valence-electron chi connectivity index (χ0n) is 6.94. The van der Waals surface area contributed by atoms with Gasteiger partial charge in [0.05, 0.1) is 11.1 Å². The Hall–Kier alpha value is -2.31. The van der Waals surface area contributed by atoms with Crippen LogP contribution in [0.5, 0.6) is 0 Å². The van der Waals surface area contributed by atoms with Crippen LogP contribution in [0.1, 0.15) is 0 Å². The molecule has 2 heterocycles. The molecule has 0 amide bonds. The number of hydrogen-bond acceptors (Lipinski definition) is 5. The lowest BCUT2D eigenvalue weighted by Crippen LogP contribution is -1.97. The van der Waals surface area contributed by atoms with E-state index < -0.39 is 4.92 Å². The molecule has 0 saturated heterocycles. The summed E-state index contributed by atoms with van der Waals surface area (Å²) in [5.41, 5.74) is -0.0735. The van der Waals surface area contributed by atoms with E-state index in [1.54, 1.807) is 0 Å². The molecule has 0 aliphatic heterocycles. The first-order chi connectivity index (χ1) is 6.77. The first kappa shape index (κ1) is 8.30. The van der Waals surface area contributed by atoms with Crippen LogP contribution >= 0.6 is 0 Å². The fourth-order valence-corrected chi connectivity index (χ4v) is 0.942. The van der Waals surface area contributed by atoms with Crippen molar-refractivity contribution in [1.29, 1.82) is 0 Å². The summed E-state index contributed by atoms with van der Waals surface area (Å²) in [6.07, 6.45) is 6.92. The topological polar surface area (TPSA) is 86.7 Å². The van der Waals surface area contributed by atoms with Crippen molar-refractivity contribution in [2.45, 2.75) is 0 Å². The minimum Gasteiger partial charge on any atom is -0.259 e. The molecule has 0 fully saturated rings. The van der Waals surface area contributed by atoms with E-state index in [1.807, 2.05) is 0 Å². The molecule has 0 saturated carbocycles. The highest BCUT2D eigenvalue weighted by molar-refractivity contribution is 5.26. The van der Waals surface area contributed by atoms with Gasteiger partial charge in [-0.25, -0.2) is 9.67 Å². The van der Waals surface area contributed by atoms with Crippen LogP contribution in [0.4, 0.5) is 5.69 Å².